The average molecular weight is 267 g/mol. The van der Waals surface area contributed by atoms with E-state index in [1.807, 2.05) is 0 Å². The van der Waals surface area contributed by atoms with Crippen molar-refractivity contribution in [2.75, 3.05) is 27.4 Å². The maximum Gasteiger partial charge on any atom is 0.331 e. The van der Waals surface area contributed by atoms with Gasteiger partial charge in [0, 0.05) is 20.4 Å². The summed E-state index contributed by atoms with van der Waals surface area (Å²) >= 11 is 0. The Hall–Kier alpha value is -1.86. The van der Waals surface area contributed by atoms with Crippen molar-refractivity contribution in [3.05, 3.63) is 33.1 Å². The highest BCUT2D eigenvalue weighted by molar-refractivity contribution is 5.74. The van der Waals surface area contributed by atoms with Gasteiger partial charge in [0.25, 0.3) is 5.56 Å². The van der Waals surface area contributed by atoms with E-state index in [0.29, 0.717) is 30.8 Å². The molecule has 0 aliphatic heterocycles. The van der Waals surface area contributed by atoms with E-state index >= 15 is 0 Å². The molecule has 7 heteroatoms. The van der Waals surface area contributed by atoms with Crippen molar-refractivity contribution in [2.45, 2.75) is 13.1 Å². The molecule has 0 aromatic carbocycles. The Balaban J connectivity index is 2.61. The Bertz CT molecular complexity index is 668. The number of fused-ring (bicyclic) bond motifs is 1. The topological polar surface area (TPSA) is 78.2 Å². The molecule has 0 unspecified atom stereocenters. The fourth-order valence-corrected chi connectivity index (χ4v) is 2.01. The molecule has 2 heterocycles. The van der Waals surface area contributed by atoms with Gasteiger partial charge >= 0.3 is 5.69 Å². The second kappa shape index (κ2) is 5.85. The van der Waals surface area contributed by atoms with Crippen LogP contribution >= 0.6 is 0 Å². The van der Waals surface area contributed by atoms with Gasteiger partial charge in [0.05, 0.1) is 31.8 Å². The summed E-state index contributed by atoms with van der Waals surface area (Å²) in [7, 11) is 3.10. The van der Waals surface area contributed by atoms with Crippen molar-refractivity contribution in [2.24, 2.45) is 0 Å². The van der Waals surface area contributed by atoms with Crippen molar-refractivity contribution in [1.29, 1.82) is 0 Å². The molecule has 0 aliphatic rings. The fourth-order valence-electron chi connectivity index (χ4n) is 2.01. The summed E-state index contributed by atoms with van der Waals surface area (Å²) in [6.07, 6.45) is 1.65. The van der Waals surface area contributed by atoms with E-state index in [4.69, 9.17) is 9.47 Å². The van der Waals surface area contributed by atoms with Crippen LogP contribution in [0.15, 0.2) is 21.9 Å². The molecule has 0 saturated heterocycles. The van der Waals surface area contributed by atoms with E-state index in [1.54, 1.807) is 19.4 Å². The van der Waals surface area contributed by atoms with Gasteiger partial charge in [-0.3, -0.25) is 13.9 Å². The number of aromatic amines is 1. The van der Waals surface area contributed by atoms with E-state index in [1.165, 1.54) is 16.2 Å². The quantitative estimate of drug-likeness (QED) is 0.785. The zero-order chi connectivity index (χ0) is 13.8. The fraction of sp³-hybridized carbons (Fsp3) is 0.500. The minimum Gasteiger partial charge on any atom is -0.383 e. The third-order valence-electron chi connectivity index (χ3n) is 2.97. The molecule has 2 aromatic heterocycles. The second-order valence-corrected chi connectivity index (χ2v) is 4.11. The summed E-state index contributed by atoms with van der Waals surface area (Å²) < 4.78 is 12.6. The van der Waals surface area contributed by atoms with Crippen LogP contribution in [0.3, 0.4) is 0 Å². The third-order valence-corrected chi connectivity index (χ3v) is 2.97. The lowest BCUT2D eigenvalue weighted by Gasteiger charge is -2.11. The largest absolute Gasteiger partial charge is 0.383 e. The summed E-state index contributed by atoms with van der Waals surface area (Å²) in [6.45, 7) is 1.35. The van der Waals surface area contributed by atoms with Crippen molar-refractivity contribution in [3.8, 4) is 0 Å². The first-order valence-electron chi connectivity index (χ1n) is 5.99. The molecule has 7 nitrogen and oxygen atoms in total. The van der Waals surface area contributed by atoms with E-state index < -0.39 is 0 Å². The molecule has 0 aliphatic carbocycles. The minimum atomic E-state index is -0.341. The molecule has 104 valence electrons. The lowest BCUT2D eigenvalue weighted by Crippen LogP contribution is -2.41. The number of methoxy groups -OCH3 is 2. The number of hydrogen-bond acceptors (Lipinski definition) is 4. The Kier molecular flexibility index (Phi) is 4.18. The number of nitrogens with zero attached hydrogens (tertiary/aromatic N) is 2. The van der Waals surface area contributed by atoms with Crippen LogP contribution < -0.4 is 11.2 Å². The van der Waals surface area contributed by atoms with Gasteiger partial charge in [-0.1, -0.05) is 0 Å². The van der Waals surface area contributed by atoms with Crippen LogP contribution in [-0.2, 0) is 22.6 Å². The van der Waals surface area contributed by atoms with Crippen molar-refractivity contribution in [1.82, 2.24) is 14.1 Å². The van der Waals surface area contributed by atoms with Gasteiger partial charge < -0.3 is 14.5 Å². The first-order valence-corrected chi connectivity index (χ1v) is 5.99. The maximum absolute atomic E-state index is 12.3. The predicted molar refractivity (Wildman–Crippen MR) is 70.6 cm³/mol. The molecule has 2 rings (SSSR count). The molecule has 2 aromatic rings. The van der Waals surface area contributed by atoms with E-state index in [0.717, 1.165) is 0 Å². The molecule has 0 atom stereocenters. The number of ether oxygens (including phenoxy) is 2. The molecule has 0 radical (unpaired) electrons. The van der Waals surface area contributed by atoms with Gasteiger partial charge in [-0.05, 0) is 6.07 Å². The van der Waals surface area contributed by atoms with Gasteiger partial charge in [0.1, 0.15) is 5.52 Å². The van der Waals surface area contributed by atoms with Gasteiger partial charge in [-0.2, -0.15) is 0 Å². The second-order valence-electron chi connectivity index (χ2n) is 4.11. The van der Waals surface area contributed by atoms with Crippen LogP contribution in [0.2, 0.25) is 0 Å². The molecule has 0 bridgehead atoms. The van der Waals surface area contributed by atoms with Crippen molar-refractivity contribution in [3.63, 3.8) is 0 Å². The van der Waals surface area contributed by atoms with E-state index in [-0.39, 0.29) is 17.8 Å². The van der Waals surface area contributed by atoms with Crippen LogP contribution in [0.25, 0.3) is 11.0 Å². The zero-order valence-corrected chi connectivity index (χ0v) is 11.0. The average Bonchev–Trinajstić information content (AvgIpc) is 2.88. The van der Waals surface area contributed by atoms with Crippen LogP contribution in [0.4, 0.5) is 0 Å². The Morgan fingerprint density at radius 3 is 2.37 bits per heavy atom. The Morgan fingerprint density at radius 1 is 1.11 bits per heavy atom. The van der Waals surface area contributed by atoms with E-state index in [2.05, 4.69) is 4.98 Å². The molecule has 1 N–H and O–H groups in total. The number of hydrogen-bond donors (Lipinski definition) is 1. The molecule has 19 heavy (non-hydrogen) atoms. The summed E-state index contributed by atoms with van der Waals surface area (Å²) in [6, 6.07) is 1.72. The highest BCUT2D eigenvalue weighted by Crippen LogP contribution is 2.05. The number of H-pyrrole nitrogens is 1. The summed E-state index contributed by atoms with van der Waals surface area (Å²) in [5, 5.41) is 0. The highest BCUT2D eigenvalue weighted by atomic mass is 16.5. The van der Waals surface area contributed by atoms with Crippen LogP contribution in [-0.4, -0.2) is 41.6 Å². The Labute approximate surface area is 109 Å². The molecule has 0 amide bonds. The Morgan fingerprint density at radius 2 is 1.74 bits per heavy atom. The van der Waals surface area contributed by atoms with Crippen LogP contribution in [0, 0.1) is 0 Å². The normalized spacial score (nSPS) is 11.3. The first-order chi connectivity index (χ1) is 9.20. The SMILES string of the molecule is COCCn1c(=O)c2[nH]ccc2n(CCOC)c1=O. The van der Waals surface area contributed by atoms with Crippen LogP contribution in [0.1, 0.15) is 0 Å². The molecule has 0 saturated carbocycles. The standard InChI is InChI=1S/C12H17N3O4/c1-18-7-5-14-9-3-4-13-10(9)11(16)15(12(14)17)6-8-19-2/h3-4,13H,5-8H2,1-2H3. The lowest BCUT2D eigenvalue weighted by atomic mass is 10.4. The maximum atomic E-state index is 12.3. The first kappa shape index (κ1) is 13.6. The van der Waals surface area contributed by atoms with Crippen molar-refractivity contribution >= 4 is 11.0 Å². The summed E-state index contributed by atoms with van der Waals surface area (Å²) in [5.74, 6) is 0. The molecule has 0 spiro atoms. The van der Waals surface area contributed by atoms with Gasteiger partial charge in [-0.15, -0.1) is 0 Å². The zero-order valence-electron chi connectivity index (χ0n) is 11.0. The van der Waals surface area contributed by atoms with E-state index in [9.17, 15) is 9.59 Å². The highest BCUT2D eigenvalue weighted by Gasteiger charge is 2.13. The van der Waals surface area contributed by atoms with Crippen LogP contribution in [0.5, 0.6) is 0 Å². The number of rotatable bonds is 6. The third kappa shape index (κ3) is 2.47. The summed E-state index contributed by atoms with van der Waals surface area (Å²) in [4.78, 5) is 27.4. The minimum absolute atomic E-state index is 0.232. The van der Waals surface area contributed by atoms with Gasteiger partial charge in [0.2, 0.25) is 0 Å². The molecular formula is C12H17N3O4. The monoisotopic (exact) mass is 267 g/mol. The number of aromatic nitrogens is 3. The molecule has 0 fully saturated rings. The lowest BCUT2D eigenvalue weighted by molar-refractivity contribution is 0.179. The van der Waals surface area contributed by atoms with Crippen molar-refractivity contribution < 1.29 is 9.47 Å². The van der Waals surface area contributed by atoms with Gasteiger partial charge in [-0.25, -0.2) is 4.79 Å². The smallest absolute Gasteiger partial charge is 0.331 e. The van der Waals surface area contributed by atoms with Gasteiger partial charge in [0.15, 0.2) is 0 Å². The predicted octanol–water partition coefficient (Wildman–Crippen LogP) is -0.216. The molecular weight excluding hydrogens is 250 g/mol. The number of nitrogens with one attached hydrogen (secondary N) is 1. The summed E-state index contributed by atoms with van der Waals surface area (Å²) in [5.41, 5.74) is 0.356.